The number of hydrogen-bond donors (Lipinski definition) is 0. The summed E-state index contributed by atoms with van der Waals surface area (Å²) >= 11 is 0. The Balaban J connectivity index is 1.62. The van der Waals surface area contributed by atoms with E-state index in [1.807, 2.05) is 31.2 Å². The van der Waals surface area contributed by atoms with E-state index in [-0.39, 0.29) is 18.9 Å². The third-order valence-corrected chi connectivity index (χ3v) is 5.54. The Morgan fingerprint density at radius 1 is 1.03 bits per heavy atom. The van der Waals surface area contributed by atoms with Crippen molar-refractivity contribution in [3.63, 3.8) is 0 Å². The van der Waals surface area contributed by atoms with Gasteiger partial charge in [-0.2, -0.15) is 0 Å². The van der Waals surface area contributed by atoms with Gasteiger partial charge >= 0.3 is 0 Å². The summed E-state index contributed by atoms with van der Waals surface area (Å²) in [5.74, 6) is -1.70. The number of fused-ring (bicyclic) bond motifs is 1. The molecule has 0 aliphatic carbocycles. The molecule has 6 heteroatoms. The van der Waals surface area contributed by atoms with Gasteiger partial charge in [0.1, 0.15) is 17.4 Å². The van der Waals surface area contributed by atoms with Gasteiger partial charge in [-0.1, -0.05) is 43.3 Å². The largest absolute Gasteiger partial charge is 0.481 e. The Bertz CT molecular complexity index is 1150. The van der Waals surface area contributed by atoms with Crippen molar-refractivity contribution < 1.29 is 23.1 Å². The molecule has 0 N–H and O–H groups in total. The summed E-state index contributed by atoms with van der Waals surface area (Å²) in [5.41, 5.74) is 3.79. The molecule has 4 nitrogen and oxygen atoms in total. The van der Waals surface area contributed by atoms with Crippen LogP contribution in [-0.2, 0) is 17.6 Å². The third-order valence-electron chi connectivity index (χ3n) is 5.54. The van der Waals surface area contributed by atoms with E-state index in [9.17, 15) is 18.4 Å². The summed E-state index contributed by atoms with van der Waals surface area (Å²) in [6.07, 6.45) is 0.617. The number of ketones is 1. The van der Waals surface area contributed by atoms with Crippen LogP contribution >= 0.6 is 0 Å². The molecular formula is C25H21F2NO3. The van der Waals surface area contributed by atoms with E-state index < -0.39 is 23.0 Å². The highest BCUT2D eigenvalue weighted by atomic mass is 19.1. The fourth-order valence-corrected chi connectivity index (χ4v) is 3.87. The van der Waals surface area contributed by atoms with Crippen molar-refractivity contribution in [3.8, 4) is 16.9 Å². The highest BCUT2D eigenvalue weighted by Gasteiger charge is 2.26. The van der Waals surface area contributed by atoms with E-state index >= 15 is 0 Å². The van der Waals surface area contributed by atoms with E-state index in [1.54, 1.807) is 24.1 Å². The molecule has 0 unspecified atom stereocenters. The Kier molecular flexibility index (Phi) is 5.55. The first-order chi connectivity index (χ1) is 14.9. The average Bonchev–Trinajstić information content (AvgIpc) is 2.76. The molecule has 0 spiro atoms. The number of Topliss-reactive ketones (excluding diaryl/α,β-unsaturated/α-hetero) is 1. The van der Waals surface area contributed by atoms with Gasteiger partial charge in [0.15, 0.2) is 12.4 Å². The van der Waals surface area contributed by atoms with Crippen molar-refractivity contribution in [1.82, 2.24) is 0 Å². The SMILES string of the molecule is CCc1c(-c2ccc(CC(=O)c3c(F)cccc3F)cc2)ccc2c1OCC(=O)N2C. The standard InChI is InChI=1S/C25H21F2NO3/c1-3-17-18(11-12-21-25(17)31-14-23(30)28(21)2)16-9-7-15(8-10-16)13-22(29)24-19(26)5-4-6-20(24)27/h4-12H,3,13-14H2,1-2H3. The van der Waals surface area contributed by atoms with E-state index in [4.69, 9.17) is 4.74 Å². The number of carbonyl (C=O) groups excluding carboxylic acids is 2. The minimum absolute atomic E-state index is 0.00755. The second-order valence-electron chi connectivity index (χ2n) is 7.43. The molecule has 0 saturated carbocycles. The van der Waals surface area contributed by atoms with Crippen molar-refractivity contribution in [2.45, 2.75) is 19.8 Å². The number of benzene rings is 3. The number of ether oxygens (including phenoxy) is 1. The monoisotopic (exact) mass is 421 g/mol. The zero-order valence-electron chi connectivity index (χ0n) is 17.2. The van der Waals surface area contributed by atoms with Crippen LogP contribution in [0.2, 0.25) is 0 Å². The predicted octanol–water partition coefficient (Wildman–Crippen LogP) is 4.97. The molecule has 1 aliphatic heterocycles. The van der Waals surface area contributed by atoms with Crippen LogP contribution in [0.3, 0.4) is 0 Å². The van der Waals surface area contributed by atoms with Crippen LogP contribution in [0, 0.1) is 11.6 Å². The van der Waals surface area contributed by atoms with E-state index in [2.05, 4.69) is 0 Å². The van der Waals surface area contributed by atoms with Gasteiger partial charge in [-0.3, -0.25) is 9.59 Å². The quantitative estimate of drug-likeness (QED) is 0.546. The van der Waals surface area contributed by atoms with Crippen LogP contribution in [0.15, 0.2) is 54.6 Å². The van der Waals surface area contributed by atoms with Crippen LogP contribution in [-0.4, -0.2) is 25.3 Å². The van der Waals surface area contributed by atoms with Crippen molar-refractivity contribution >= 4 is 17.4 Å². The zero-order chi connectivity index (χ0) is 22.1. The van der Waals surface area contributed by atoms with Crippen molar-refractivity contribution in [2.24, 2.45) is 0 Å². The summed E-state index contributed by atoms with van der Waals surface area (Å²) in [4.78, 5) is 25.9. The van der Waals surface area contributed by atoms with Crippen LogP contribution < -0.4 is 9.64 Å². The highest BCUT2D eigenvalue weighted by Crippen LogP contribution is 2.40. The van der Waals surface area contributed by atoms with E-state index in [0.717, 1.165) is 34.5 Å². The number of likely N-dealkylation sites (N-methyl/N-ethyl adjacent to an activating group) is 1. The molecule has 0 saturated heterocycles. The maximum absolute atomic E-state index is 13.9. The Hall–Kier alpha value is -3.54. The summed E-state index contributed by atoms with van der Waals surface area (Å²) in [6.45, 7) is 2.03. The topological polar surface area (TPSA) is 46.6 Å². The van der Waals surface area contributed by atoms with Gasteiger partial charge in [0.25, 0.3) is 5.91 Å². The Morgan fingerprint density at radius 3 is 2.35 bits per heavy atom. The summed E-state index contributed by atoms with van der Waals surface area (Å²) in [7, 11) is 1.73. The number of carbonyl (C=O) groups is 2. The Labute approximate surface area is 179 Å². The number of nitrogens with zero attached hydrogens (tertiary/aromatic N) is 1. The first kappa shape index (κ1) is 20.7. The molecule has 1 heterocycles. The van der Waals surface area contributed by atoms with Gasteiger partial charge in [-0.25, -0.2) is 8.78 Å². The normalized spacial score (nSPS) is 13.0. The summed E-state index contributed by atoms with van der Waals surface area (Å²) in [5, 5.41) is 0. The van der Waals surface area contributed by atoms with Gasteiger partial charge in [0.05, 0.1) is 11.3 Å². The van der Waals surface area contributed by atoms with Crippen molar-refractivity contribution in [2.75, 3.05) is 18.6 Å². The molecule has 1 aliphatic rings. The number of hydrogen-bond acceptors (Lipinski definition) is 3. The summed E-state index contributed by atoms with van der Waals surface area (Å²) < 4.78 is 33.5. The molecule has 1 amide bonds. The molecule has 0 aromatic heterocycles. The summed E-state index contributed by atoms with van der Waals surface area (Å²) in [6, 6.07) is 14.5. The smallest absolute Gasteiger partial charge is 0.264 e. The van der Waals surface area contributed by atoms with Crippen LogP contribution in [0.1, 0.15) is 28.4 Å². The first-order valence-corrected chi connectivity index (χ1v) is 10.0. The van der Waals surface area contributed by atoms with Crippen molar-refractivity contribution in [3.05, 3.63) is 82.9 Å². The lowest BCUT2D eigenvalue weighted by molar-refractivity contribution is -0.121. The lowest BCUT2D eigenvalue weighted by atomic mass is 9.94. The van der Waals surface area contributed by atoms with Crippen LogP contribution in [0.25, 0.3) is 11.1 Å². The molecule has 0 bridgehead atoms. The number of halogens is 2. The molecule has 4 rings (SSSR count). The maximum atomic E-state index is 13.9. The van der Waals surface area contributed by atoms with Gasteiger partial charge in [-0.15, -0.1) is 0 Å². The molecule has 0 fully saturated rings. The minimum Gasteiger partial charge on any atom is -0.481 e. The second-order valence-corrected chi connectivity index (χ2v) is 7.43. The fraction of sp³-hybridized carbons (Fsp3) is 0.200. The predicted molar refractivity (Wildman–Crippen MR) is 115 cm³/mol. The zero-order valence-corrected chi connectivity index (χ0v) is 17.2. The first-order valence-electron chi connectivity index (χ1n) is 10.0. The molecule has 3 aromatic carbocycles. The minimum atomic E-state index is -0.855. The average molecular weight is 421 g/mol. The number of rotatable bonds is 5. The van der Waals surface area contributed by atoms with E-state index in [1.165, 1.54) is 6.07 Å². The molecule has 0 atom stereocenters. The van der Waals surface area contributed by atoms with Crippen LogP contribution in [0.5, 0.6) is 5.75 Å². The third kappa shape index (κ3) is 3.81. The molecular weight excluding hydrogens is 400 g/mol. The van der Waals surface area contributed by atoms with Crippen molar-refractivity contribution in [1.29, 1.82) is 0 Å². The van der Waals surface area contributed by atoms with Crippen LogP contribution in [0.4, 0.5) is 14.5 Å². The molecule has 0 radical (unpaired) electrons. The fourth-order valence-electron chi connectivity index (χ4n) is 3.87. The highest BCUT2D eigenvalue weighted by molar-refractivity contribution is 5.99. The lowest BCUT2D eigenvalue weighted by Gasteiger charge is -2.28. The van der Waals surface area contributed by atoms with Gasteiger partial charge < -0.3 is 9.64 Å². The Morgan fingerprint density at radius 2 is 1.71 bits per heavy atom. The lowest BCUT2D eigenvalue weighted by Crippen LogP contribution is -2.35. The van der Waals surface area contributed by atoms with Gasteiger partial charge in [0, 0.05) is 19.0 Å². The molecule has 158 valence electrons. The van der Waals surface area contributed by atoms with Gasteiger partial charge in [-0.05, 0) is 41.3 Å². The molecule has 3 aromatic rings. The second kappa shape index (κ2) is 8.30. The van der Waals surface area contributed by atoms with Gasteiger partial charge in [0.2, 0.25) is 0 Å². The van der Waals surface area contributed by atoms with E-state index in [0.29, 0.717) is 17.7 Å². The number of anilines is 1. The molecule has 31 heavy (non-hydrogen) atoms. The number of amides is 1. The maximum Gasteiger partial charge on any atom is 0.264 e.